The van der Waals surface area contributed by atoms with Crippen LogP contribution in [0.5, 0.6) is 5.75 Å². The number of fused-ring (bicyclic) bond motifs is 7. The maximum atomic E-state index is 15.3. The van der Waals surface area contributed by atoms with Crippen molar-refractivity contribution in [2.24, 2.45) is 39.8 Å². The number of rotatable bonds is 21. The Morgan fingerprint density at radius 3 is 1.72 bits per heavy atom. The normalized spacial score (nSPS) is 26.0. The summed E-state index contributed by atoms with van der Waals surface area (Å²) < 4.78 is 0. The fraction of sp³-hybridized carbons (Fsp3) is 0.577. The number of carbonyl (C=O) groups is 15. The van der Waals surface area contributed by atoms with Gasteiger partial charge in [-0.1, -0.05) is 86.0 Å². The van der Waals surface area contributed by atoms with E-state index in [4.69, 9.17) is 22.9 Å². The third kappa shape index (κ3) is 27.9. The van der Waals surface area contributed by atoms with E-state index >= 15 is 14.4 Å². The van der Waals surface area contributed by atoms with Crippen LogP contribution in [0, 0.1) is 11.8 Å². The highest BCUT2D eigenvalue weighted by Crippen LogP contribution is 2.26. The number of H-pyrrole nitrogens is 1. The van der Waals surface area contributed by atoms with Crippen molar-refractivity contribution in [3.8, 4) is 5.75 Å². The van der Waals surface area contributed by atoms with E-state index in [1.54, 1.807) is 58.2 Å². The predicted molar refractivity (Wildman–Crippen MR) is 410 cm³/mol. The number of aromatic nitrogens is 1. The number of nitrogens with zero attached hydrogens (tertiary/aromatic N) is 2. The van der Waals surface area contributed by atoms with E-state index in [1.165, 1.54) is 36.1 Å². The topological polar surface area (TPSA) is 609 Å². The van der Waals surface area contributed by atoms with Crippen molar-refractivity contribution in [1.82, 2.24) is 79.0 Å². The van der Waals surface area contributed by atoms with Crippen LogP contribution in [-0.2, 0) is 84.8 Å². The summed E-state index contributed by atoms with van der Waals surface area (Å²) in [6.45, 7) is 5.00. The fourth-order valence-electron chi connectivity index (χ4n) is 12.4. The summed E-state index contributed by atoms with van der Waals surface area (Å²) >= 11 is 0. The van der Waals surface area contributed by atoms with E-state index in [-0.39, 0.29) is 108 Å². The Bertz CT molecular complexity index is 3810. The van der Waals surface area contributed by atoms with Crippen molar-refractivity contribution >= 4 is 127 Å². The number of nitrogens with two attached hydrogens (primary N) is 4. The van der Waals surface area contributed by atoms with Gasteiger partial charge in [-0.2, -0.15) is 0 Å². The van der Waals surface area contributed by atoms with E-state index in [1.807, 2.05) is 0 Å². The zero-order chi connectivity index (χ0) is 81.6. The summed E-state index contributed by atoms with van der Waals surface area (Å²) in [7, 11) is 1.76. The highest BCUT2D eigenvalue weighted by molar-refractivity contribution is 8.76. The van der Waals surface area contributed by atoms with Crippen LogP contribution in [0.25, 0.3) is 10.9 Å². The number of amides is 15. The number of unbranched alkanes of at least 4 members (excludes halogenated alkanes) is 1. The monoisotopic (exact) mass is 1590 g/mol. The van der Waals surface area contributed by atoms with Gasteiger partial charge < -0.3 is 117 Å². The number of aliphatic hydroxyl groups excluding tert-OH is 2. The number of para-hydroxylation sites is 1. The number of nitrogens with one attached hydrogen (secondary N) is 14. The molecule has 3 aliphatic heterocycles. The first kappa shape index (κ1) is 89.6. The van der Waals surface area contributed by atoms with Crippen LogP contribution in [0.3, 0.4) is 0 Å². The average Bonchev–Trinajstić information content (AvgIpc) is 1.72. The van der Waals surface area contributed by atoms with E-state index in [0.717, 1.165) is 21.6 Å². The molecule has 2 aromatic carbocycles. The van der Waals surface area contributed by atoms with E-state index in [9.17, 15) is 72.9 Å². The lowest BCUT2D eigenvalue weighted by Crippen LogP contribution is -2.62. The Morgan fingerprint density at radius 1 is 0.577 bits per heavy atom. The molecule has 3 aliphatic rings. The number of phenolic OH excluding ortho intramolecular Hbond substituents is 1. The van der Waals surface area contributed by atoms with Crippen LogP contribution in [0.1, 0.15) is 116 Å². The maximum absolute atomic E-state index is 15.3. The van der Waals surface area contributed by atoms with E-state index in [2.05, 4.69) is 79.1 Å². The minimum Gasteiger partial charge on any atom is -0.508 e. The minimum absolute atomic E-state index is 0.0192. The maximum Gasteiger partial charge on any atom is 0.245 e. The number of aliphatic hydroxyl groups is 2. The largest absolute Gasteiger partial charge is 0.508 e. The smallest absolute Gasteiger partial charge is 0.245 e. The van der Waals surface area contributed by atoms with Crippen LogP contribution < -0.4 is 92.1 Å². The number of hydrogen-bond donors (Lipinski definition) is 21. The Kier molecular flexibility index (Phi) is 35.9. The molecule has 0 aliphatic carbocycles. The van der Waals surface area contributed by atoms with Gasteiger partial charge in [-0.3, -0.25) is 76.9 Å². The molecule has 14 atom stereocenters. The van der Waals surface area contributed by atoms with E-state index < -0.39 is 211 Å². The number of aromatic amines is 1. The second-order valence-corrected chi connectivity index (χ2v) is 30.5. The quantitative estimate of drug-likeness (QED) is 0.0205. The number of aromatic hydroxyl groups is 1. The van der Waals surface area contributed by atoms with E-state index in [0.29, 0.717) is 28.5 Å². The molecular formula is C71H106N20O18S2. The molecule has 4 unspecified atom stereocenters. The number of guanidine groups is 1. The van der Waals surface area contributed by atoms with Crippen molar-refractivity contribution in [3.63, 3.8) is 0 Å². The standard InChI is InChI=1S/C71H106N20O18S2/c1-6-37(4)57-69(108)89-53-35-111-110-34-52(88-62(101)47(27-36(2)3)85-68(107)54-17-12-26-91(54)70(109)46(22-23-55(73)95)82-58(97)38(5)79-61(100)49(84-67(53)106)29-40-30-77-43-14-8-7-13-42(40)43)66(105)81-45(15-9-10-24-72)60(99)83-48(28-39-18-20-41(94)21-19-39)63(102)86-51(33-93)65(104)87-50(32-92)64(103)80-44(16-11-25-76-71(74)75)59(98)78-31-56(96)90-57/h7-8,13-14,18-21,30,36-38,44-54,57,77,92-94H,6,9-12,15-17,22-29,31-35,72H2,1-5H3,(H2,73,95)(H,78,98)(H,79,100)(H,80,103)(H,81,105)(H,82,97)(H,83,99)(H,84,106)(H,85,107)(H,86,102)(H,87,104)(H,88,101)(H,89,108)(H,90,96)(H4,74,75,76)/t37-,38?,44?,45-,46-,47?,48-,49-,50?,51-,52-,53-,54-,57-/m0/s1. The lowest BCUT2D eigenvalue weighted by atomic mass is 9.98. The van der Waals surface area contributed by atoms with Gasteiger partial charge >= 0.3 is 0 Å². The van der Waals surface area contributed by atoms with Crippen LogP contribution in [0.15, 0.2) is 59.7 Å². The van der Waals surface area contributed by atoms with Crippen LogP contribution in [-0.4, -0.2) is 249 Å². The summed E-state index contributed by atoms with van der Waals surface area (Å²) in [6, 6.07) is -8.29. The number of phenols is 1. The molecule has 4 heterocycles. The van der Waals surface area contributed by atoms with Crippen molar-refractivity contribution in [2.45, 2.75) is 197 Å². The van der Waals surface area contributed by atoms with Gasteiger partial charge in [0.05, 0.1) is 19.8 Å². The number of benzene rings is 2. The molecule has 3 fully saturated rings. The van der Waals surface area contributed by atoms with Gasteiger partial charge in [0.15, 0.2) is 5.96 Å². The van der Waals surface area contributed by atoms with Crippen molar-refractivity contribution in [3.05, 3.63) is 65.9 Å². The molecule has 3 aromatic rings. The third-order valence-electron chi connectivity index (χ3n) is 18.8. The molecule has 1 aromatic heterocycles. The molecule has 38 nitrogen and oxygen atoms in total. The summed E-state index contributed by atoms with van der Waals surface area (Å²) in [6.07, 6.45) is 0.782. The molecule has 25 N–H and O–H groups in total. The van der Waals surface area contributed by atoms with Crippen LogP contribution >= 0.6 is 21.6 Å². The molecule has 0 radical (unpaired) electrons. The average molecular weight is 1590 g/mol. The van der Waals surface area contributed by atoms with Gasteiger partial charge in [-0.25, -0.2) is 0 Å². The molecule has 6 rings (SSSR count). The molecular weight excluding hydrogens is 1490 g/mol. The number of aliphatic imine (C=N–C) groups is 1. The van der Waals surface area contributed by atoms with Gasteiger partial charge in [0.1, 0.15) is 84.3 Å². The third-order valence-corrected chi connectivity index (χ3v) is 21.2. The SMILES string of the molecule is CC[C@H](C)[C@@H]1NC(=O)CNC(=O)C(CCCN=C(N)N)NC(=O)C(CO)NC(=O)[C@H](CO)NC(=O)[C@H](Cc2ccc(O)cc2)NC(=O)[C@H](CCCCN)NC(=O)[C@@H]2CSSC[C@H](NC1=O)C(=O)N[C@@H](Cc1c[nH]c3ccccc13)C(=O)NC(C)C(=O)N[C@@H](CCC(N)=O)C(=O)N1CCC[C@H]1C(=O)NC(CC(C)C)C(=O)N2. The lowest BCUT2D eigenvalue weighted by molar-refractivity contribution is -0.143. The Labute approximate surface area is 649 Å². The van der Waals surface area contributed by atoms with Crippen molar-refractivity contribution in [1.29, 1.82) is 0 Å². The first-order valence-corrected chi connectivity index (χ1v) is 39.4. The molecule has 111 heavy (non-hydrogen) atoms. The molecule has 0 saturated carbocycles. The summed E-state index contributed by atoms with van der Waals surface area (Å²) in [5.74, 6) is -17.2. The van der Waals surface area contributed by atoms with Crippen LogP contribution in [0.4, 0.5) is 0 Å². The number of primary amides is 1. The number of hydrogen-bond acceptors (Lipinski definition) is 22. The molecule has 3 saturated heterocycles. The molecule has 40 heteroatoms. The Hall–Kier alpha value is -10.3. The van der Waals surface area contributed by atoms with Crippen LogP contribution in [0.2, 0.25) is 0 Å². The summed E-state index contributed by atoms with van der Waals surface area (Å²) in [5, 5.41) is 65.4. The predicted octanol–water partition coefficient (Wildman–Crippen LogP) is -5.46. The Balaban J connectivity index is 1.52. The molecule has 0 spiro atoms. The molecule has 2 bridgehead atoms. The second kappa shape index (κ2) is 44.5. The van der Waals surface area contributed by atoms with Crippen molar-refractivity contribution in [2.75, 3.05) is 50.9 Å². The van der Waals surface area contributed by atoms with Gasteiger partial charge in [0.25, 0.3) is 0 Å². The fourth-order valence-corrected chi connectivity index (χ4v) is 14.7. The first-order valence-electron chi connectivity index (χ1n) is 36.9. The van der Waals surface area contributed by atoms with Gasteiger partial charge in [-0.05, 0) is 112 Å². The highest BCUT2D eigenvalue weighted by Gasteiger charge is 2.42. The molecule has 15 amide bonds. The molecule has 610 valence electrons. The lowest BCUT2D eigenvalue weighted by Gasteiger charge is -2.31. The zero-order valence-corrected chi connectivity index (χ0v) is 64.3. The van der Waals surface area contributed by atoms with Gasteiger partial charge in [0.2, 0.25) is 88.6 Å². The van der Waals surface area contributed by atoms with Gasteiger partial charge in [-0.15, -0.1) is 0 Å². The number of carbonyl (C=O) groups excluding carboxylic acids is 15. The zero-order valence-electron chi connectivity index (χ0n) is 62.7. The Morgan fingerprint density at radius 2 is 1.11 bits per heavy atom. The second-order valence-electron chi connectivity index (χ2n) is 27.9. The van der Waals surface area contributed by atoms with Gasteiger partial charge in [0, 0.05) is 61.0 Å². The summed E-state index contributed by atoms with van der Waals surface area (Å²) in [5.41, 5.74) is 24.0. The first-order chi connectivity index (χ1) is 52.8. The van der Waals surface area contributed by atoms with Crippen molar-refractivity contribution < 1.29 is 87.2 Å². The highest BCUT2D eigenvalue weighted by atomic mass is 33.1. The summed E-state index contributed by atoms with van der Waals surface area (Å²) in [4.78, 5) is 226. The minimum atomic E-state index is -1.92.